The van der Waals surface area contributed by atoms with E-state index in [1.54, 1.807) is 6.07 Å². The molecule has 0 amide bonds. The molecule has 3 aromatic rings. The number of fused-ring (bicyclic) bond motifs is 1. The third-order valence-corrected chi connectivity index (χ3v) is 5.84. The molecule has 1 N–H and O–H groups in total. The van der Waals surface area contributed by atoms with Crippen LogP contribution in [0.4, 0.5) is 0 Å². The molecule has 8 heteroatoms. The van der Waals surface area contributed by atoms with E-state index in [0.717, 1.165) is 11.0 Å². The number of nitrogens with zero attached hydrogens (tertiary/aromatic N) is 2. The molecule has 0 saturated carbocycles. The van der Waals surface area contributed by atoms with Crippen molar-refractivity contribution in [2.75, 3.05) is 0 Å². The second-order valence-electron chi connectivity index (χ2n) is 4.95. The Morgan fingerprint density at radius 2 is 1.74 bits per heavy atom. The predicted molar refractivity (Wildman–Crippen MR) is 91.2 cm³/mol. The van der Waals surface area contributed by atoms with Crippen LogP contribution in [-0.2, 0) is 23.6 Å². The zero-order chi connectivity index (χ0) is 16.6. The minimum Gasteiger partial charge on any atom is -0.330 e. The van der Waals surface area contributed by atoms with Gasteiger partial charge < -0.3 is 4.57 Å². The van der Waals surface area contributed by atoms with Crippen molar-refractivity contribution in [2.24, 2.45) is 7.05 Å². The summed E-state index contributed by atoms with van der Waals surface area (Å²) in [7, 11) is -2.01. The van der Waals surface area contributed by atoms with E-state index in [4.69, 9.17) is 23.2 Å². The molecule has 120 valence electrons. The van der Waals surface area contributed by atoms with E-state index in [1.165, 1.54) is 12.1 Å². The Morgan fingerprint density at radius 1 is 1.09 bits per heavy atom. The van der Waals surface area contributed by atoms with Crippen LogP contribution in [0.25, 0.3) is 11.0 Å². The normalized spacial score (nSPS) is 12.0. The Kier molecular flexibility index (Phi) is 4.33. The first-order valence-corrected chi connectivity index (χ1v) is 8.98. The summed E-state index contributed by atoms with van der Waals surface area (Å²) in [5, 5.41) is 0.157. The minimum absolute atomic E-state index is 0.0368. The van der Waals surface area contributed by atoms with Crippen molar-refractivity contribution in [2.45, 2.75) is 11.4 Å². The van der Waals surface area contributed by atoms with Gasteiger partial charge in [0.1, 0.15) is 10.7 Å². The molecule has 0 fully saturated rings. The molecule has 0 spiro atoms. The Bertz CT molecular complexity index is 963. The van der Waals surface area contributed by atoms with Gasteiger partial charge in [0.25, 0.3) is 0 Å². The van der Waals surface area contributed by atoms with Crippen LogP contribution in [0.2, 0.25) is 10.0 Å². The lowest BCUT2D eigenvalue weighted by atomic mass is 10.3. The van der Waals surface area contributed by atoms with Crippen molar-refractivity contribution in [1.82, 2.24) is 14.3 Å². The van der Waals surface area contributed by atoms with Gasteiger partial charge >= 0.3 is 0 Å². The summed E-state index contributed by atoms with van der Waals surface area (Å²) in [6.45, 7) is 0.0368. The highest BCUT2D eigenvalue weighted by atomic mass is 35.5. The zero-order valence-corrected chi connectivity index (χ0v) is 14.5. The van der Waals surface area contributed by atoms with Gasteiger partial charge in [-0.3, -0.25) is 0 Å². The molecule has 1 aromatic heterocycles. The molecule has 3 rings (SSSR count). The van der Waals surface area contributed by atoms with E-state index in [0.29, 0.717) is 5.82 Å². The first kappa shape index (κ1) is 16.3. The summed E-state index contributed by atoms with van der Waals surface area (Å²) in [4.78, 5) is 4.30. The molecule has 0 aliphatic rings. The number of para-hydroxylation sites is 2. The first-order chi connectivity index (χ1) is 10.9. The summed E-state index contributed by atoms with van der Waals surface area (Å²) in [5.74, 6) is 0.595. The van der Waals surface area contributed by atoms with Crippen LogP contribution in [0.15, 0.2) is 47.4 Å². The molecule has 0 unspecified atom stereocenters. The molecule has 0 radical (unpaired) electrons. The van der Waals surface area contributed by atoms with Gasteiger partial charge in [-0.1, -0.05) is 41.4 Å². The molecule has 0 saturated heterocycles. The molecule has 0 aliphatic carbocycles. The summed E-state index contributed by atoms with van der Waals surface area (Å²) >= 11 is 11.9. The van der Waals surface area contributed by atoms with E-state index in [9.17, 15) is 8.42 Å². The van der Waals surface area contributed by atoms with Gasteiger partial charge in [-0.15, -0.1) is 0 Å². The lowest BCUT2D eigenvalue weighted by Crippen LogP contribution is -2.25. The maximum Gasteiger partial charge on any atom is 0.243 e. The van der Waals surface area contributed by atoms with Gasteiger partial charge in [0, 0.05) is 7.05 Å². The second-order valence-corrected chi connectivity index (χ2v) is 7.47. The molecule has 0 bridgehead atoms. The number of hydrogen-bond donors (Lipinski definition) is 1. The SMILES string of the molecule is Cn1c(CNS(=O)(=O)c2c(Cl)cccc2Cl)nc2ccccc21. The average molecular weight is 370 g/mol. The number of benzene rings is 2. The van der Waals surface area contributed by atoms with Crippen molar-refractivity contribution in [1.29, 1.82) is 0 Å². The third-order valence-electron chi connectivity index (χ3n) is 3.49. The zero-order valence-electron chi connectivity index (χ0n) is 12.1. The summed E-state index contributed by atoms with van der Waals surface area (Å²) in [6, 6.07) is 12.1. The van der Waals surface area contributed by atoms with Gasteiger partial charge in [0.2, 0.25) is 10.0 Å². The summed E-state index contributed by atoms with van der Waals surface area (Å²) in [6.07, 6.45) is 0. The molecule has 23 heavy (non-hydrogen) atoms. The fourth-order valence-electron chi connectivity index (χ4n) is 2.32. The molecular formula is C15H13Cl2N3O2S. The average Bonchev–Trinajstić information content (AvgIpc) is 2.82. The lowest BCUT2D eigenvalue weighted by Gasteiger charge is -2.10. The van der Waals surface area contributed by atoms with Crippen LogP contribution in [0, 0.1) is 0 Å². The van der Waals surface area contributed by atoms with Gasteiger partial charge in [-0.25, -0.2) is 18.1 Å². The molecule has 2 aromatic carbocycles. The van der Waals surface area contributed by atoms with Gasteiger partial charge in [0.05, 0.1) is 27.6 Å². The summed E-state index contributed by atoms with van der Waals surface area (Å²) < 4.78 is 29.2. The van der Waals surface area contributed by atoms with Crippen molar-refractivity contribution >= 4 is 44.3 Å². The first-order valence-electron chi connectivity index (χ1n) is 6.74. The Balaban J connectivity index is 1.91. The standard InChI is InChI=1S/C15H13Cl2N3O2S/c1-20-13-8-3-2-7-12(13)19-14(20)9-18-23(21,22)15-10(16)5-4-6-11(15)17/h2-8,18H,9H2,1H3. The van der Waals surface area contributed by atoms with Crippen LogP contribution in [0.3, 0.4) is 0 Å². The van der Waals surface area contributed by atoms with Gasteiger partial charge in [0.15, 0.2) is 0 Å². The highest BCUT2D eigenvalue weighted by Gasteiger charge is 2.22. The van der Waals surface area contributed by atoms with Crippen LogP contribution in [0.1, 0.15) is 5.82 Å². The number of rotatable bonds is 4. The van der Waals surface area contributed by atoms with Gasteiger partial charge in [-0.2, -0.15) is 0 Å². The molecule has 5 nitrogen and oxygen atoms in total. The third kappa shape index (κ3) is 3.07. The minimum atomic E-state index is -3.84. The Labute approximate surface area is 143 Å². The Hall–Kier alpha value is -1.60. The number of halogens is 2. The number of imidazole rings is 1. The molecule has 0 aliphatic heterocycles. The number of aromatic nitrogens is 2. The monoisotopic (exact) mass is 369 g/mol. The van der Waals surface area contributed by atoms with E-state index in [1.807, 2.05) is 35.9 Å². The van der Waals surface area contributed by atoms with Crippen molar-refractivity contribution in [3.05, 3.63) is 58.3 Å². The highest BCUT2D eigenvalue weighted by molar-refractivity contribution is 7.89. The van der Waals surface area contributed by atoms with Crippen molar-refractivity contribution < 1.29 is 8.42 Å². The fourth-order valence-corrected chi connectivity index (χ4v) is 4.44. The summed E-state index contributed by atoms with van der Waals surface area (Å²) in [5.41, 5.74) is 1.73. The predicted octanol–water partition coefficient (Wildman–Crippen LogP) is 3.36. The maximum absolute atomic E-state index is 12.5. The van der Waals surface area contributed by atoms with Crippen molar-refractivity contribution in [3.63, 3.8) is 0 Å². The van der Waals surface area contributed by atoms with Crippen LogP contribution in [-0.4, -0.2) is 18.0 Å². The molecule has 0 atom stereocenters. The lowest BCUT2D eigenvalue weighted by molar-refractivity contribution is 0.578. The van der Waals surface area contributed by atoms with E-state index >= 15 is 0 Å². The number of aryl methyl sites for hydroxylation is 1. The fraction of sp³-hybridized carbons (Fsp3) is 0.133. The molecular weight excluding hydrogens is 357 g/mol. The molecule has 1 heterocycles. The Morgan fingerprint density at radius 3 is 2.39 bits per heavy atom. The second kappa shape index (κ2) is 6.13. The van der Waals surface area contributed by atoms with E-state index in [2.05, 4.69) is 9.71 Å². The van der Waals surface area contributed by atoms with E-state index in [-0.39, 0.29) is 21.5 Å². The van der Waals surface area contributed by atoms with Crippen LogP contribution in [0.5, 0.6) is 0 Å². The quantitative estimate of drug-likeness (QED) is 0.766. The smallest absolute Gasteiger partial charge is 0.243 e. The van der Waals surface area contributed by atoms with Crippen LogP contribution >= 0.6 is 23.2 Å². The number of sulfonamides is 1. The van der Waals surface area contributed by atoms with E-state index < -0.39 is 10.0 Å². The topological polar surface area (TPSA) is 64.0 Å². The van der Waals surface area contributed by atoms with Crippen molar-refractivity contribution in [3.8, 4) is 0 Å². The number of hydrogen-bond acceptors (Lipinski definition) is 3. The largest absolute Gasteiger partial charge is 0.330 e. The maximum atomic E-state index is 12.5. The number of nitrogens with one attached hydrogen (secondary N) is 1. The van der Waals surface area contributed by atoms with Gasteiger partial charge in [-0.05, 0) is 24.3 Å². The van der Waals surface area contributed by atoms with Crippen LogP contribution < -0.4 is 4.72 Å². The highest BCUT2D eigenvalue weighted by Crippen LogP contribution is 2.28.